The van der Waals surface area contributed by atoms with Crippen molar-refractivity contribution in [2.24, 2.45) is 0 Å². The molecule has 3 rings (SSSR count). The van der Waals surface area contributed by atoms with Crippen LogP contribution in [0.25, 0.3) is 11.0 Å². The van der Waals surface area contributed by atoms with Crippen LogP contribution in [0, 0.1) is 0 Å². The van der Waals surface area contributed by atoms with E-state index in [-0.39, 0.29) is 5.91 Å². The van der Waals surface area contributed by atoms with Crippen molar-refractivity contribution in [1.82, 2.24) is 9.55 Å². The lowest BCUT2D eigenvalue weighted by Crippen LogP contribution is -2.36. The van der Waals surface area contributed by atoms with E-state index < -0.39 is 11.1 Å². The number of H-pyrrole nitrogens is 1. The van der Waals surface area contributed by atoms with Gasteiger partial charge in [-0.15, -0.1) is 0 Å². The van der Waals surface area contributed by atoms with Crippen molar-refractivity contribution >= 4 is 22.6 Å². The molecule has 0 fully saturated rings. The van der Waals surface area contributed by atoms with Gasteiger partial charge in [0.2, 0.25) is 0 Å². The van der Waals surface area contributed by atoms with Gasteiger partial charge in [0, 0.05) is 17.8 Å². The molecule has 2 N–H and O–H groups in total. The highest BCUT2D eigenvalue weighted by Gasteiger charge is 2.11. The number of nitrogens with one attached hydrogen (secondary N) is 2. The number of anilines is 1. The SMILES string of the molecule is CCCCCc1ccc(NC(=O)c2ccc3c(c2)[nH]c(=O)c(=O)n3CC)cc1. The summed E-state index contributed by atoms with van der Waals surface area (Å²) in [5, 5.41) is 2.87. The molecule has 6 nitrogen and oxygen atoms in total. The zero-order chi connectivity index (χ0) is 20.1. The van der Waals surface area contributed by atoms with Crippen molar-refractivity contribution in [3.63, 3.8) is 0 Å². The second kappa shape index (κ2) is 8.69. The lowest BCUT2D eigenvalue weighted by atomic mass is 10.1. The van der Waals surface area contributed by atoms with Crippen molar-refractivity contribution in [2.75, 3.05) is 5.32 Å². The van der Waals surface area contributed by atoms with E-state index >= 15 is 0 Å². The molecule has 6 heteroatoms. The first-order valence-electron chi connectivity index (χ1n) is 9.70. The molecule has 0 bridgehead atoms. The predicted molar refractivity (Wildman–Crippen MR) is 112 cm³/mol. The summed E-state index contributed by atoms with van der Waals surface area (Å²) in [5.41, 5.74) is 2.17. The largest absolute Gasteiger partial charge is 0.322 e. The number of amides is 1. The molecule has 1 heterocycles. The van der Waals surface area contributed by atoms with Crippen LogP contribution in [0.1, 0.15) is 49.0 Å². The summed E-state index contributed by atoms with van der Waals surface area (Å²) in [5.74, 6) is -0.268. The predicted octanol–water partition coefficient (Wildman–Crippen LogP) is 3.69. The maximum atomic E-state index is 12.6. The number of hydrogen-bond acceptors (Lipinski definition) is 3. The smallest absolute Gasteiger partial charge is 0.316 e. The topological polar surface area (TPSA) is 84.0 Å². The second-order valence-corrected chi connectivity index (χ2v) is 6.84. The van der Waals surface area contributed by atoms with Crippen molar-refractivity contribution in [3.8, 4) is 0 Å². The van der Waals surface area contributed by atoms with Gasteiger partial charge < -0.3 is 14.9 Å². The minimum atomic E-state index is -0.689. The average Bonchev–Trinajstić information content (AvgIpc) is 2.70. The molecule has 0 aliphatic carbocycles. The van der Waals surface area contributed by atoms with Gasteiger partial charge in [0.15, 0.2) is 0 Å². The molecule has 0 atom stereocenters. The third kappa shape index (κ3) is 4.22. The third-order valence-corrected chi connectivity index (χ3v) is 4.83. The Morgan fingerprint density at radius 3 is 2.46 bits per heavy atom. The van der Waals surface area contributed by atoms with Crippen molar-refractivity contribution in [1.29, 1.82) is 0 Å². The Labute approximate surface area is 163 Å². The maximum absolute atomic E-state index is 12.6. The first-order chi connectivity index (χ1) is 13.5. The van der Waals surface area contributed by atoms with Crippen LogP contribution in [0.5, 0.6) is 0 Å². The number of hydrogen-bond donors (Lipinski definition) is 2. The molecule has 146 valence electrons. The Morgan fingerprint density at radius 1 is 1.04 bits per heavy atom. The number of rotatable bonds is 7. The molecule has 0 radical (unpaired) electrons. The van der Waals surface area contributed by atoms with E-state index in [4.69, 9.17) is 0 Å². The van der Waals surface area contributed by atoms with E-state index in [1.165, 1.54) is 29.4 Å². The number of fused-ring (bicyclic) bond motifs is 1. The molecular formula is C22H25N3O3. The highest BCUT2D eigenvalue weighted by molar-refractivity contribution is 6.05. The molecule has 1 amide bonds. The molecule has 0 spiro atoms. The minimum absolute atomic E-state index is 0.268. The van der Waals surface area contributed by atoms with Gasteiger partial charge in [0.05, 0.1) is 11.0 Å². The third-order valence-electron chi connectivity index (χ3n) is 4.83. The fourth-order valence-corrected chi connectivity index (χ4v) is 3.27. The number of aromatic nitrogens is 2. The molecule has 1 aromatic heterocycles. The van der Waals surface area contributed by atoms with Crippen LogP contribution in [0.4, 0.5) is 5.69 Å². The molecule has 3 aromatic rings. The lowest BCUT2D eigenvalue weighted by molar-refractivity contribution is 0.102. The fourth-order valence-electron chi connectivity index (χ4n) is 3.27. The molecule has 0 unspecified atom stereocenters. The van der Waals surface area contributed by atoms with Crippen LogP contribution in [0.15, 0.2) is 52.1 Å². The van der Waals surface area contributed by atoms with Gasteiger partial charge in [0.25, 0.3) is 5.91 Å². The summed E-state index contributed by atoms with van der Waals surface area (Å²) in [7, 11) is 0. The molecule has 2 aromatic carbocycles. The van der Waals surface area contributed by atoms with E-state index in [9.17, 15) is 14.4 Å². The average molecular weight is 379 g/mol. The first kappa shape index (κ1) is 19.6. The first-order valence-corrected chi connectivity index (χ1v) is 9.70. The quantitative estimate of drug-likeness (QED) is 0.485. The van der Waals surface area contributed by atoms with Gasteiger partial charge >= 0.3 is 11.1 Å². The van der Waals surface area contributed by atoms with Gasteiger partial charge in [-0.3, -0.25) is 14.4 Å². The number of aryl methyl sites for hydroxylation is 2. The normalized spacial score (nSPS) is 10.9. The fraction of sp³-hybridized carbons (Fsp3) is 0.318. The van der Waals surface area contributed by atoms with E-state index in [2.05, 4.69) is 17.2 Å². The van der Waals surface area contributed by atoms with Gasteiger partial charge in [0.1, 0.15) is 0 Å². The second-order valence-electron chi connectivity index (χ2n) is 6.84. The van der Waals surface area contributed by atoms with Crippen LogP contribution < -0.4 is 16.4 Å². The highest BCUT2D eigenvalue weighted by Crippen LogP contribution is 2.16. The van der Waals surface area contributed by atoms with Crippen LogP contribution in [-0.4, -0.2) is 15.5 Å². The molecule has 28 heavy (non-hydrogen) atoms. The zero-order valence-corrected chi connectivity index (χ0v) is 16.2. The zero-order valence-electron chi connectivity index (χ0n) is 16.2. The van der Waals surface area contributed by atoms with Crippen molar-refractivity contribution in [2.45, 2.75) is 46.1 Å². The molecule has 0 saturated carbocycles. The maximum Gasteiger partial charge on any atom is 0.316 e. The molecule has 0 aliphatic rings. The summed E-state index contributed by atoms with van der Waals surface area (Å²) < 4.78 is 1.40. The van der Waals surface area contributed by atoms with Crippen LogP contribution in [0.3, 0.4) is 0 Å². The Balaban J connectivity index is 1.79. The number of benzene rings is 2. The molecular weight excluding hydrogens is 354 g/mol. The Hall–Kier alpha value is -3.15. The Kier molecular flexibility index (Phi) is 6.09. The summed E-state index contributed by atoms with van der Waals surface area (Å²) in [4.78, 5) is 38.9. The molecule has 0 aliphatic heterocycles. The van der Waals surface area contributed by atoms with Gasteiger partial charge in [-0.05, 0) is 55.7 Å². The van der Waals surface area contributed by atoms with E-state index in [1.807, 2.05) is 24.3 Å². The Morgan fingerprint density at radius 2 is 1.79 bits per heavy atom. The van der Waals surface area contributed by atoms with E-state index in [0.29, 0.717) is 23.1 Å². The number of carbonyl (C=O) groups excluding carboxylic acids is 1. The van der Waals surface area contributed by atoms with Gasteiger partial charge in [-0.25, -0.2) is 0 Å². The number of carbonyl (C=O) groups is 1. The van der Waals surface area contributed by atoms with Gasteiger partial charge in [-0.1, -0.05) is 31.9 Å². The van der Waals surface area contributed by atoms with Crippen molar-refractivity contribution < 1.29 is 4.79 Å². The summed E-state index contributed by atoms with van der Waals surface area (Å²) in [6, 6.07) is 12.8. The number of nitrogens with zero attached hydrogens (tertiary/aromatic N) is 1. The number of unbranched alkanes of at least 4 members (excludes halogenated alkanes) is 2. The van der Waals surface area contributed by atoms with E-state index in [1.54, 1.807) is 25.1 Å². The monoisotopic (exact) mass is 379 g/mol. The minimum Gasteiger partial charge on any atom is -0.322 e. The van der Waals surface area contributed by atoms with Crippen molar-refractivity contribution in [3.05, 3.63) is 74.3 Å². The molecule has 0 saturated heterocycles. The summed E-state index contributed by atoms with van der Waals surface area (Å²) >= 11 is 0. The van der Waals surface area contributed by atoms with Crippen LogP contribution >= 0.6 is 0 Å². The van der Waals surface area contributed by atoms with Crippen LogP contribution in [-0.2, 0) is 13.0 Å². The standard InChI is InChI=1S/C22H25N3O3/c1-3-5-6-7-15-8-11-17(12-9-15)23-20(26)16-10-13-19-18(14-16)24-21(27)22(28)25(19)4-2/h8-14H,3-7H2,1-2H3,(H,23,26)(H,24,27). The van der Waals surface area contributed by atoms with Crippen LogP contribution in [0.2, 0.25) is 0 Å². The number of aromatic amines is 1. The van der Waals surface area contributed by atoms with Gasteiger partial charge in [-0.2, -0.15) is 0 Å². The lowest BCUT2D eigenvalue weighted by Gasteiger charge is -2.10. The van der Waals surface area contributed by atoms with E-state index in [0.717, 1.165) is 12.1 Å². The summed E-state index contributed by atoms with van der Waals surface area (Å²) in [6.45, 7) is 4.37. The summed E-state index contributed by atoms with van der Waals surface area (Å²) in [6.07, 6.45) is 4.62. The Bertz CT molecular complexity index is 1090. The highest BCUT2D eigenvalue weighted by atomic mass is 16.2.